The molecule has 0 saturated heterocycles. The first-order valence-electron chi connectivity index (χ1n) is 4.90. The maximum atomic E-state index is 11.7. The fraction of sp³-hybridized carbons (Fsp3) is 0.700. The Morgan fingerprint density at radius 2 is 1.94 bits per heavy atom. The summed E-state index contributed by atoms with van der Waals surface area (Å²) in [5, 5.41) is 0.640. The normalized spacial score (nSPS) is 14.9. The molecule has 0 radical (unpaired) electrons. The molecule has 0 N–H and O–H groups in total. The van der Waals surface area contributed by atoms with Crippen molar-refractivity contribution in [2.24, 2.45) is 5.92 Å². The molecule has 0 bridgehead atoms. The predicted molar refractivity (Wildman–Crippen MR) is 64.9 cm³/mol. The Labute approximate surface area is 101 Å². The lowest BCUT2D eigenvalue weighted by atomic mass is 10.0. The van der Waals surface area contributed by atoms with Crippen LogP contribution in [0, 0.1) is 5.92 Å². The molecule has 0 aromatic rings. The van der Waals surface area contributed by atoms with E-state index in [1.807, 2.05) is 0 Å². The monoisotopic (exact) mass is 268 g/mol. The average molecular weight is 269 g/mol. The first-order valence-corrected chi connectivity index (χ1v) is 7.00. The number of ketones is 1. The molecule has 0 heterocycles. The number of carbonyl (C=O) groups is 1. The maximum Gasteiger partial charge on any atom is 0.337 e. The molecule has 0 saturated carbocycles. The third-order valence-corrected chi connectivity index (χ3v) is 4.17. The molecule has 16 heavy (non-hydrogen) atoms. The number of halogens is 1. The Morgan fingerprint density at radius 3 is 2.31 bits per heavy atom. The molecule has 0 aliphatic heterocycles. The van der Waals surface area contributed by atoms with E-state index in [4.69, 9.17) is 20.6 Å². The largest absolute Gasteiger partial charge is 0.337 e. The number of allylic oxidation sites excluding steroid dienone is 2. The van der Waals surface area contributed by atoms with Gasteiger partial charge in [0.05, 0.1) is 0 Å². The van der Waals surface area contributed by atoms with Crippen LogP contribution in [-0.2, 0) is 18.4 Å². The molecule has 0 aromatic carbocycles. The molecule has 0 fully saturated rings. The van der Waals surface area contributed by atoms with Crippen LogP contribution in [0.1, 0.15) is 20.3 Å². The number of carbonyl (C=O) groups excluding carboxylic acids is 1. The Morgan fingerprint density at radius 1 is 1.44 bits per heavy atom. The van der Waals surface area contributed by atoms with Gasteiger partial charge in [-0.3, -0.25) is 9.36 Å². The highest BCUT2D eigenvalue weighted by Gasteiger charge is 2.27. The van der Waals surface area contributed by atoms with Crippen molar-refractivity contribution in [2.45, 2.75) is 20.3 Å². The molecule has 0 rings (SSSR count). The average Bonchev–Trinajstić information content (AvgIpc) is 2.25. The second kappa shape index (κ2) is 7.23. The van der Waals surface area contributed by atoms with E-state index in [9.17, 15) is 9.36 Å². The number of Topliss-reactive ketones (excluding diaryl/α,β-unsaturated/α-hetero) is 1. The predicted octanol–water partition coefficient (Wildman–Crippen LogP) is 3.21. The summed E-state index contributed by atoms with van der Waals surface area (Å²) in [6, 6.07) is 0. The zero-order valence-corrected chi connectivity index (χ0v) is 11.7. The molecule has 0 aromatic heterocycles. The Kier molecular flexibility index (Phi) is 7.16. The lowest BCUT2D eigenvalue weighted by Crippen LogP contribution is -2.16. The zero-order chi connectivity index (χ0) is 12.8. The van der Waals surface area contributed by atoms with Crippen LogP contribution in [0.5, 0.6) is 0 Å². The van der Waals surface area contributed by atoms with Crippen LogP contribution < -0.4 is 0 Å². The Hall–Kier alpha value is -0.150. The molecule has 0 aliphatic rings. The van der Waals surface area contributed by atoms with E-state index in [1.165, 1.54) is 14.2 Å². The number of hydrogen-bond acceptors (Lipinski definition) is 4. The van der Waals surface area contributed by atoms with E-state index in [0.717, 1.165) is 0 Å². The minimum absolute atomic E-state index is 0.152. The summed E-state index contributed by atoms with van der Waals surface area (Å²) in [5.41, 5.74) is 0. The summed E-state index contributed by atoms with van der Waals surface area (Å²) < 4.78 is 21.1. The maximum absolute atomic E-state index is 11.7. The van der Waals surface area contributed by atoms with Crippen molar-refractivity contribution in [2.75, 3.05) is 20.4 Å². The zero-order valence-electron chi connectivity index (χ0n) is 10.0. The third kappa shape index (κ3) is 5.80. The van der Waals surface area contributed by atoms with Gasteiger partial charge in [0.1, 0.15) is 11.9 Å². The van der Waals surface area contributed by atoms with Crippen molar-refractivity contribution >= 4 is 25.0 Å². The van der Waals surface area contributed by atoms with Crippen molar-refractivity contribution in [3.63, 3.8) is 0 Å². The van der Waals surface area contributed by atoms with Gasteiger partial charge < -0.3 is 9.05 Å². The summed E-state index contributed by atoms with van der Waals surface area (Å²) >= 11 is 5.66. The molecule has 1 atom stereocenters. The molecule has 0 spiro atoms. The second-order valence-electron chi connectivity index (χ2n) is 3.53. The number of rotatable bonds is 7. The van der Waals surface area contributed by atoms with Crippen LogP contribution in [0.2, 0.25) is 0 Å². The van der Waals surface area contributed by atoms with Crippen LogP contribution in [-0.4, -0.2) is 26.2 Å². The molecular formula is C10H18ClO4P. The van der Waals surface area contributed by atoms with Gasteiger partial charge in [-0.1, -0.05) is 24.6 Å². The molecule has 4 nitrogen and oxygen atoms in total. The minimum Gasteiger partial charge on any atom is -0.312 e. The van der Waals surface area contributed by atoms with Gasteiger partial charge in [0.2, 0.25) is 0 Å². The van der Waals surface area contributed by atoms with Gasteiger partial charge in [-0.25, -0.2) is 0 Å². The third-order valence-electron chi connectivity index (χ3n) is 2.21. The van der Waals surface area contributed by atoms with E-state index >= 15 is 0 Å². The molecular weight excluding hydrogens is 251 g/mol. The Bertz CT molecular complexity index is 302. The van der Waals surface area contributed by atoms with Crippen LogP contribution in [0.15, 0.2) is 11.1 Å². The van der Waals surface area contributed by atoms with Crippen molar-refractivity contribution in [3.8, 4) is 0 Å². The molecule has 6 heteroatoms. The van der Waals surface area contributed by atoms with E-state index in [2.05, 4.69) is 0 Å². The summed E-state index contributed by atoms with van der Waals surface area (Å²) in [7, 11) is -0.704. The fourth-order valence-corrected chi connectivity index (χ4v) is 2.21. The van der Waals surface area contributed by atoms with E-state index in [1.54, 1.807) is 19.9 Å². The smallest absolute Gasteiger partial charge is 0.312 e. The number of hydrogen-bond donors (Lipinski definition) is 0. The van der Waals surface area contributed by atoms with Gasteiger partial charge in [-0.05, 0) is 13.3 Å². The molecule has 94 valence electrons. The van der Waals surface area contributed by atoms with Gasteiger partial charge in [0.15, 0.2) is 0 Å². The van der Waals surface area contributed by atoms with E-state index < -0.39 is 7.60 Å². The quantitative estimate of drug-likeness (QED) is 0.665. The standard InChI is InChI=1S/C10H18ClO4P/c1-8(5-6-9(2)11)10(12)7-16(13,14-3)15-4/h6,8H,5,7H2,1-4H3. The van der Waals surface area contributed by atoms with E-state index in [-0.39, 0.29) is 17.9 Å². The van der Waals surface area contributed by atoms with Crippen molar-refractivity contribution in [1.29, 1.82) is 0 Å². The summed E-state index contributed by atoms with van der Waals surface area (Å²) in [5.74, 6) is -0.395. The van der Waals surface area contributed by atoms with E-state index in [0.29, 0.717) is 11.5 Å². The van der Waals surface area contributed by atoms with Gasteiger partial charge in [0.25, 0.3) is 0 Å². The fourth-order valence-electron chi connectivity index (χ4n) is 1.02. The van der Waals surface area contributed by atoms with Gasteiger partial charge >= 0.3 is 7.60 Å². The topological polar surface area (TPSA) is 52.6 Å². The van der Waals surface area contributed by atoms with Gasteiger partial charge in [-0.2, -0.15) is 0 Å². The summed E-state index contributed by atoms with van der Waals surface area (Å²) in [6.07, 6.45) is 2.09. The summed E-state index contributed by atoms with van der Waals surface area (Å²) in [4.78, 5) is 11.7. The Balaban J connectivity index is 4.36. The first kappa shape index (κ1) is 15.9. The van der Waals surface area contributed by atoms with Crippen LogP contribution >= 0.6 is 19.2 Å². The molecule has 0 aliphatic carbocycles. The highest BCUT2D eigenvalue weighted by atomic mass is 35.5. The van der Waals surface area contributed by atoms with Crippen LogP contribution in [0.3, 0.4) is 0 Å². The summed E-state index contributed by atoms with van der Waals surface area (Å²) in [6.45, 7) is 3.50. The van der Waals surface area contributed by atoms with Crippen LogP contribution in [0.25, 0.3) is 0 Å². The minimum atomic E-state index is -3.24. The molecule has 1 unspecified atom stereocenters. The van der Waals surface area contributed by atoms with Crippen molar-refractivity contribution in [3.05, 3.63) is 11.1 Å². The van der Waals surface area contributed by atoms with Crippen LogP contribution in [0.4, 0.5) is 0 Å². The van der Waals surface area contributed by atoms with Gasteiger partial charge in [0, 0.05) is 25.2 Å². The van der Waals surface area contributed by atoms with Gasteiger partial charge in [-0.15, -0.1) is 0 Å². The second-order valence-corrected chi connectivity index (χ2v) is 6.39. The highest BCUT2D eigenvalue weighted by molar-refractivity contribution is 7.54. The molecule has 0 amide bonds. The van der Waals surface area contributed by atoms with Crippen molar-refractivity contribution in [1.82, 2.24) is 0 Å². The lowest BCUT2D eigenvalue weighted by Gasteiger charge is -2.14. The lowest BCUT2D eigenvalue weighted by molar-refractivity contribution is -0.120. The SMILES string of the molecule is COP(=O)(CC(=O)C(C)CC=C(C)Cl)OC. The first-order chi connectivity index (χ1) is 7.34. The highest BCUT2D eigenvalue weighted by Crippen LogP contribution is 2.46. The van der Waals surface area contributed by atoms with Crippen molar-refractivity contribution < 1.29 is 18.4 Å².